The normalized spacial score (nSPS) is 21.6. The fraction of sp³-hybridized carbons (Fsp3) is 0.172. The first-order valence-corrected chi connectivity index (χ1v) is 25.0. The van der Waals surface area contributed by atoms with Crippen LogP contribution in [0, 0.1) is 0 Å². The smallest absolute Gasteiger partial charge is 0.181 e. The molecule has 5 aliphatic heterocycles. The molecule has 4 atom stereocenters. The number of hydrogen-bond donors (Lipinski definition) is 0. The highest BCUT2D eigenvalue weighted by molar-refractivity contribution is 6.20. The standard InChI is InChI=1S/C64H55N5/c1-39(2)50-37-52-48-27-19-31-57-61(48)67(63-68(57)55-29-16-17-30-56(55)69(63,68)60-44(41-20-10-8-11-21-41)25-18-26-45(60)42-22-12-9-13-23-42)62-49(53(52)38-51(50)40(3)4)33-32-47-46-24-14-15-28-54(46)66(59(47)62)58-36-43(64(5,6)7)34-35-65(58)67/h8-40,63H,1-7H3/q+4. The molecular formula is C64H55N5+4. The molecule has 0 saturated carbocycles. The first-order valence-electron chi connectivity index (χ1n) is 25.0. The summed E-state index contributed by atoms with van der Waals surface area (Å²) in [7, 11) is 0. The minimum Gasteiger partial charge on any atom is -0.181 e. The number of aromatic nitrogens is 2. The summed E-state index contributed by atoms with van der Waals surface area (Å²) in [5.74, 6) is 1.94. The van der Waals surface area contributed by atoms with E-state index < -0.39 is 0 Å². The predicted molar refractivity (Wildman–Crippen MR) is 286 cm³/mol. The van der Waals surface area contributed by atoms with Gasteiger partial charge in [-0.3, -0.25) is 0 Å². The SMILES string of the molecule is CC(C)c1cc2c(cc1C(C)C)-c1ccc3c4ccccc4n4c3c1[N+]1(c3c-2cccc3[N+]23c5ccccc5[N+]2(c2c(-c5ccccc5)cccc2-c2ccccc2)C13)[n+]1ccc(C(C)(C)C)cc1-4. The highest BCUT2D eigenvalue weighted by atomic mass is 16.2. The molecule has 0 bridgehead atoms. The van der Waals surface area contributed by atoms with E-state index in [2.05, 4.69) is 246 Å². The fourth-order valence-corrected chi connectivity index (χ4v) is 14.2. The molecule has 1 fully saturated rings. The molecule has 2 aromatic heterocycles. The molecular weight excluding hydrogens is 839 g/mol. The Hall–Kier alpha value is -7.41. The number of quaternary nitrogens is 3. The van der Waals surface area contributed by atoms with Gasteiger partial charge in [0.25, 0.3) is 22.7 Å². The van der Waals surface area contributed by atoms with E-state index in [0.29, 0.717) is 25.6 Å². The first-order chi connectivity index (χ1) is 33.5. The highest BCUT2D eigenvalue weighted by Crippen LogP contribution is 2.86. The zero-order chi connectivity index (χ0) is 46.5. The molecule has 7 heterocycles. The molecule has 332 valence electrons. The van der Waals surface area contributed by atoms with Gasteiger partial charge in [0.1, 0.15) is 5.52 Å². The van der Waals surface area contributed by atoms with Gasteiger partial charge in [-0.05, 0) is 122 Å². The van der Waals surface area contributed by atoms with Crippen molar-refractivity contribution in [1.29, 1.82) is 0 Å². The molecule has 0 aliphatic carbocycles. The Bertz CT molecular complexity index is 3850. The summed E-state index contributed by atoms with van der Waals surface area (Å²) >= 11 is 0. The van der Waals surface area contributed by atoms with Crippen molar-refractivity contribution in [2.24, 2.45) is 0 Å². The van der Waals surface area contributed by atoms with Gasteiger partial charge in [-0.2, -0.15) is 4.57 Å². The van der Waals surface area contributed by atoms with E-state index in [1.807, 2.05) is 0 Å². The van der Waals surface area contributed by atoms with Crippen LogP contribution in [-0.2, 0) is 5.41 Å². The molecule has 0 radical (unpaired) electrons. The van der Waals surface area contributed by atoms with Crippen molar-refractivity contribution in [3.63, 3.8) is 0 Å². The average Bonchev–Trinajstić information content (AvgIpc) is 3.61. The van der Waals surface area contributed by atoms with Crippen LogP contribution in [0.15, 0.2) is 188 Å². The second-order valence-electron chi connectivity index (χ2n) is 21.9. The van der Waals surface area contributed by atoms with Crippen LogP contribution in [0.1, 0.15) is 77.0 Å². The second kappa shape index (κ2) is 13.0. The van der Waals surface area contributed by atoms with E-state index in [1.165, 1.54) is 123 Å². The van der Waals surface area contributed by atoms with E-state index in [-0.39, 0.29) is 11.7 Å². The van der Waals surface area contributed by atoms with Crippen molar-refractivity contribution >= 4 is 55.9 Å². The summed E-state index contributed by atoms with van der Waals surface area (Å²) < 4.78 is 7.23. The lowest BCUT2D eigenvalue weighted by Crippen LogP contribution is -2.74. The molecule has 5 heteroatoms. The van der Waals surface area contributed by atoms with E-state index in [4.69, 9.17) is 0 Å². The lowest BCUT2D eigenvalue weighted by molar-refractivity contribution is -0.793. The third-order valence-corrected chi connectivity index (χ3v) is 16.9. The highest BCUT2D eigenvalue weighted by Gasteiger charge is 3.11. The molecule has 0 amide bonds. The van der Waals surface area contributed by atoms with Gasteiger partial charge >= 0.3 is 12.1 Å². The van der Waals surface area contributed by atoms with E-state index >= 15 is 0 Å². The van der Waals surface area contributed by atoms with Gasteiger partial charge in [0.05, 0.1) is 11.1 Å². The maximum absolute atomic E-state index is 2.73. The van der Waals surface area contributed by atoms with Crippen molar-refractivity contribution in [1.82, 2.24) is 18.3 Å². The summed E-state index contributed by atoms with van der Waals surface area (Å²) in [5, 5.41) is 2.59. The van der Waals surface area contributed by atoms with Gasteiger partial charge in [0.2, 0.25) is 16.9 Å². The molecule has 69 heavy (non-hydrogen) atoms. The van der Waals surface area contributed by atoms with Crippen LogP contribution >= 0.6 is 0 Å². The first kappa shape index (κ1) is 39.6. The summed E-state index contributed by atoms with van der Waals surface area (Å²) in [5.41, 5.74) is 25.2. The van der Waals surface area contributed by atoms with Crippen molar-refractivity contribution in [3.05, 3.63) is 205 Å². The third kappa shape index (κ3) is 4.39. The Kier molecular flexibility index (Phi) is 7.46. The molecule has 0 N–H and O–H groups in total. The van der Waals surface area contributed by atoms with Crippen LogP contribution in [0.5, 0.6) is 0 Å². The predicted octanol–water partition coefficient (Wildman–Crippen LogP) is 16.5. The second-order valence-corrected chi connectivity index (χ2v) is 21.9. The fourth-order valence-electron chi connectivity index (χ4n) is 14.2. The number of para-hydroxylation sites is 5. The minimum absolute atomic E-state index is 0.0774. The van der Waals surface area contributed by atoms with Gasteiger partial charge in [0.15, 0.2) is 6.20 Å². The summed E-state index contributed by atoms with van der Waals surface area (Å²) in [6.07, 6.45) is 2.39. The Labute approximate surface area is 404 Å². The van der Waals surface area contributed by atoms with Crippen molar-refractivity contribution in [3.8, 4) is 50.3 Å². The maximum Gasteiger partial charge on any atom is 0.498 e. The Morgan fingerprint density at radius 3 is 1.65 bits per heavy atom. The molecule has 15 rings (SSSR count). The van der Waals surface area contributed by atoms with Gasteiger partial charge in [0, 0.05) is 59.9 Å². The zero-order valence-electron chi connectivity index (χ0n) is 40.4. The zero-order valence-corrected chi connectivity index (χ0v) is 40.4. The summed E-state index contributed by atoms with van der Waals surface area (Å²) in [6, 6.07) is 70.5. The van der Waals surface area contributed by atoms with E-state index in [1.54, 1.807) is 0 Å². The van der Waals surface area contributed by atoms with Gasteiger partial charge in [-0.1, -0.05) is 146 Å². The van der Waals surface area contributed by atoms with Gasteiger partial charge in [-0.25, -0.2) is 0 Å². The third-order valence-electron chi connectivity index (χ3n) is 16.9. The molecule has 1 saturated heterocycles. The number of hydrogen-bond acceptors (Lipinski definition) is 0. The van der Waals surface area contributed by atoms with Gasteiger partial charge in [-0.15, -0.1) is 0 Å². The van der Waals surface area contributed by atoms with Crippen molar-refractivity contribution < 1.29 is 4.68 Å². The maximum atomic E-state index is 2.73. The average molecular weight is 894 g/mol. The van der Waals surface area contributed by atoms with Crippen LogP contribution in [0.25, 0.3) is 72.1 Å². The molecule has 5 nitrogen and oxygen atoms in total. The van der Waals surface area contributed by atoms with Crippen molar-refractivity contribution in [2.45, 2.75) is 72.0 Å². The molecule has 2 spiro atoms. The van der Waals surface area contributed by atoms with Crippen LogP contribution in [-0.4, -0.2) is 10.9 Å². The van der Waals surface area contributed by atoms with Crippen LogP contribution < -0.4 is 18.5 Å². The number of benzene rings is 8. The molecule has 8 aromatic carbocycles. The van der Waals surface area contributed by atoms with Crippen molar-refractivity contribution in [2.75, 3.05) is 0 Å². The van der Waals surface area contributed by atoms with Crippen LogP contribution in [0.4, 0.5) is 34.1 Å². The van der Waals surface area contributed by atoms with E-state index in [9.17, 15) is 0 Å². The quantitative estimate of drug-likeness (QED) is 0.0925. The number of fused-ring (bicyclic) bond motifs is 11. The number of nitrogens with zero attached hydrogens (tertiary/aromatic N) is 5. The van der Waals surface area contributed by atoms with Gasteiger partial charge < -0.3 is 0 Å². The molecule has 4 unspecified atom stereocenters. The largest absolute Gasteiger partial charge is 0.498 e. The lowest BCUT2D eigenvalue weighted by Gasteiger charge is -2.35. The monoisotopic (exact) mass is 893 g/mol. The Balaban J connectivity index is 1.20. The topological polar surface area (TPSA) is 8.81 Å². The minimum atomic E-state index is -0.0883. The number of pyridine rings is 1. The van der Waals surface area contributed by atoms with E-state index in [0.717, 1.165) is 0 Å². The summed E-state index contributed by atoms with van der Waals surface area (Å²) in [6.45, 7) is 16.6. The molecule has 10 aromatic rings. The molecule has 5 aliphatic rings. The van der Waals surface area contributed by atoms with Crippen LogP contribution in [0.2, 0.25) is 0 Å². The Morgan fingerprint density at radius 1 is 0.464 bits per heavy atom. The van der Waals surface area contributed by atoms with Crippen LogP contribution in [0.3, 0.4) is 0 Å². The lowest BCUT2D eigenvalue weighted by atomic mass is 9.83. The Morgan fingerprint density at radius 2 is 1.01 bits per heavy atom. The summed E-state index contributed by atoms with van der Waals surface area (Å²) in [4.78, 5) is 0. The number of rotatable bonds is 5.